The minimum atomic E-state index is -1.46. The van der Waals surface area contributed by atoms with E-state index in [4.69, 9.17) is 23.2 Å². The van der Waals surface area contributed by atoms with Gasteiger partial charge in [0.25, 0.3) is 0 Å². The molecule has 0 spiro atoms. The maximum atomic E-state index is 11.9. The van der Waals surface area contributed by atoms with Gasteiger partial charge < -0.3 is 14.9 Å². The topological polar surface area (TPSA) is 73.0 Å². The van der Waals surface area contributed by atoms with Gasteiger partial charge in [0.15, 0.2) is 5.43 Å². The van der Waals surface area contributed by atoms with Crippen molar-refractivity contribution in [3.8, 4) is 0 Å². The van der Waals surface area contributed by atoms with Gasteiger partial charge in [-0.05, 0) is 19.1 Å². The summed E-state index contributed by atoms with van der Waals surface area (Å²) in [6.07, 6.45) is 0. The Hall–Kier alpha value is -1.52. The molecular weight excluding hydrogens is 265 g/mol. The second-order valence-electron chi connectivity index (χ2n) is 3.53. The Balaban J connectivity index is 3.02. The molecule has 0 bridgehead atoms. The van der Waals surface area contributed by atoms with Crippen molar-refractivity contribution < 1.29 is 9.90 Å². The smallest absolute Gasteiger partial charge is 0.193 e. The molecular formula is C11H6Cl2NO3-. The molecule has 1 aromatic heterocycles. The molecule has 0 fully saturated rings. The molecule has 6 heteroatoms. The Kier molecular flexibility index (Phi) is 2.85. The number of aromatic amines is 1. The highest BCUT2D eigenvalue weighted by molar-refractivity contribution is 6.45. The number of carbonyl (C=O) groups excluding carboxylic acids is 1. The Morgan fingerprint density at radius 1 is 1.35 bits per heavy atom. The molecule has 17 heavy (non-hydrogen) atoms. The second kappa shape index (κ2) is 4.05. The average molecular weight is 271 g/mol. The van der Waals surface area contributed by atoms with Crippen LogP contribution in [0.2, 0.25) is 10.0 Å². The lowest BCUT2D eigenvalue weighted by Gasteiger charge is -2.10. The Bertz CT molecular complexity index is 691. The first kappa shape index (κ1) is 12.0. The van der Waals surface area contributed by atoms with Gasteiger partial charge in [-0.3, -0.25) is 4.79 Å². The van der Waals surface area contributed by atoms with E-state index in [9.17, 15) is 14.7 Å². The maximum Gasteiger partial charge on any atom is 0.193 e. The van der Waals surface area contributed by atoms with Gasteiger partial charge in [-0.2, -0.15) is 0 Å². The van der Waals surface area contributed by atoms with E-state index in [1.807, 2.05) is 0 Å². The molecule has 0 amide bonds. The molecule has 2 rings (SSSR count). The summed E-state index contributed by atoms with van der Waals surface area (Å²) in [5.41, 5.74) is -0.409. The van der Waals surface area contributed by atoms with Gasteiger partial charge in [0.05, 0.1) is 27.2 Å². The molecule has 1 heterocycles. The van der Waals surface area contributed by atoms with Gasteiger partial charge in [0.2, 0.25) is 0 Å². The largest absolute Gasteiger partial charge is 0.543 e. The first-order valence-electron chi connectivity index (χ1n) is 4.65. The molecule has 0 saturated carbocycles. The van der Waals surface area contributed by atoms with Gasteiger partial charge in [-0.15, -0.1) is 0 Å². The van der Waals surface area contributed by atoms with Crippen LogP contribution in [-0.4, -0.2) is 11.0 Å². The van der Waals surface area contributed by atoms with Gasteiger partial charge in [0.1, 0.15) is 0 Å². The van der Waals surface area contributed by atoms with Gasteiger partial charge in [-0.1, -0.05) is 23.2 Å². The van der Waals surface area contributed by atoms with Crippen molar-refractivity contribution in [2.45, 2.75) is 6.92 Å². The summed E-state index contributed by atoms with van der Waals surface area (Å²) in [7, 11) is 0. The molecule has 0 aliphatic heterocycles. The number of hydrogen-bond acceptors (Lipinski definition) is 3. The van der Waals surface area contributed by atoms with E-state index < -0.39 is 11.4 Å². The number of hydrogen-bond donors (Lipinski definition) is 1. The minimum Gasteiger partial charge on any atom is -0.543 e. The molecule has 88 valence electrons. The van der Waals surface area contributed by atoms with Crippen molar-refractivity contribution in [3.05, 3.63) is 43.7 Å². The van der Waals surface area contributed by atoms with Crippen molar-refractivity contribution in [2.24, 2.45) is 0 Å². The van der Waals surface area contributed by atoms with E-state index in [1.54, 1.807) is 0 Å². The number of carboxylic acids is 1. The van der Waals surface area contributed by atoms with Crippen molar-refractivity contribution >= 4 is 40.1 Å². The van der Waals surface area contributed by atoms with E-state index >= 15 is 0 Å². The number of aromatic nitrogens is 1. The molecule has 4 nitrogen and oxygen atoms in total. The number of fused-ring (bicyclic) bond motifs is 1. The summed E-state index contributed by atoms with van der Waals surface area (Å²) >= 11 is 11.7. The van der Waals surface area contributed by atoms with Crippen LogP contribution < -0.4 is 10.5 Å². The van der Waals surface area contributed by atoms with Crippen molar-refractivity contribution in [2.75, 3.05) is 0 Å². The summed E-state index contributed by atoms with van der Waals surface area (Å²) < 4.78 is 0. The fourth-order valence-corrected chi connectivity index (χ4v) is 1.97. The van der Waals surface area contributed by atoms with Crippen LogP contribution in [0.4, 0.5) is 0 Å². The van der Waals surface area contributed by atoms with Gasteiger partial charge in [-0.25, -0.2) is 0 Å². The van der Waals surface area contributed by atoms with E-state index in [1.165, 1.54) is 19.1 Å². The fraction of sp³-hybridized carbons (Fsp3) is 0.0909. The highest BCUT2D eigenvalue weighted by Crippen LogP contribution is 2.28. The number of rotatable bonds is 1. The zero-order chi connectivity index (χ0) is 12.7. The SMILES string of the molecule is Cc1c(C(=O)[O-])[nH]c2c(Cl)c(Cl)ccc2c1=O. The summed E-state index contributed by atoms with van der Waals surface area (Å²) in [6, 6.07) is 2.98. The van der Waals surface area contributed by atoms with E-state index in [2.05, 4.69) is 4.98 Å². The number of pyridine rings is 1. The third-order valence-corrected chi connectivity index (χ3v) is 3.31. The summed E-state index contributed by atoms with van der Waals surface area (Å²) in [5, 5.41) is 11.5. The highest BCUT2D eigenvalue weighted by atomic mass is 35.5. The van der Waals surface area contributed by atoms with Gasteiger partial charge in [0, 0.05) is 10.9 Å². The van der Waals surface area contributed by atoms with Crippen molar-refractivity contribution in [3.63, 3.8) is 0 Å². The van der Waals surface area contributed by atoms with Crippen LogP contribution >= 0.6 is 23.2 Å². The van der Waals surface area contributed by atoms with E-state index in [0.717, 1.165) is 0 Å². The average Bonchev–Trinajstić information content (AvgIpc) is 2.28. The van der Waals surface area contributed by atoms with Crippen LogP contribution in [0.15, 0.2) is 16.9 Å². The zero-order valence-corrected chi connectivity index (χ0v) is 10.1. The van der Waals surface area contributed by atoms with E-state index in [-0.39, 0.29) is 26.8 Å². The van der Waals surface area contributed by atoms with Gasteiger partial charge >= 0.3 is 0 Å². The molecule has 0 saturated heterocycles. The second-order valence-corrected chi connectivity index (χ2v) is 4.31. The van der Waals surface area contributed by atoms with Crippen LogP contribution in [0.3, 0.4) is 0 Å². The third kappa shape index (κ3) is 1.79. The number of benzene rings is 1. The lowest BCUT2D eigenvalue weighted by atomic mass is 10.1. The number of carboxylic acid groups (broad SMARTS) is 1. The Morgan fingerprint density at radius 2 is 2.00 bits per heavy atom. The van der Waals surface area contributed by atoms with Crippen LogP contribution in [0.1, 0.15) is 16.1 Å². The van der Waals surface area contributed by atoms with E-state index in [0.29, 0.717) is 5.39 Å². The highest BCUT2D eigenvalue weighted by Gasteiger charge is 2.12. The lowest BCUT2D eigenvalue weighted by molar-refractivity contribution is -0.255. The molecule has 0 atom stereocenters. The number of nitrogens with one attached hydrogen (secondary N) is 1. The predicted molar refractivity (Wildman–Crippen MR) is 63.7 cm³/mol. The number of carbonyl (C=O) groups is 1. The Morgan fingerprint density at radius 3 is 2.59 bits per heavy atom. The molecule has 2 aromatic rings. The molecule has 0 aliphatic carbocycles. The maximum absolute atomic E-state index is 11.9. The summed E-state index contributed by atoms with van der Waals surface area (Å²) in [4.78, 5) is 25.3. The first-order chi connectivity index (χ1) is 7.93. The number of halogens is 2. The van der Waals surface area contributed by atoms with Crippen LogP contribution in [-0.2, 0) is 0 Å². The van der Waals surface area contributed by atoms with Crippen LogP contribution in [0.25, 0.3) is 10.9 Å². The predicted octanol–water partition coefficient (Wildman–Crippen LogP) is 1.51. The third-order valence-electron chi connectivity index (χ3n) is 2.51. The van der Waals surface area contributed by atoms with Crippen molar-refractivity contribution in [1.82, 2.24) is 4.98 Å². The summed E-state index contributed by atoms with van der Waals surface area (Å²) in [6.45, 7) is 1.41. The fourth-order valence-electron chi connectivity index (χ4n) is 1.60. The van der Waals surface area contributed by atoms with Crippen LogP contribution in [0.5, 0.6) is 0 Å². The summed E-state index contributed by atoms with van der Waals surface area (Å²) in [5.74, 6) is -1.46. The molecule has 0 aliphatic rings. The van der Waals surface area contributed by atoms with Crippen LogP contribution in [0, 0.1) is 6.92 Å². The minimum absolute atomic E-state index is 0.0795. The normalized spacial score (nSPS) is 10.8. The molecule has 0 unspecified atom stereocenters. The molecule has 0 radical (unpaired) electrons. The lowest BCUT2D eigenvalue weighted by Crippen LogP contribution is -2.27. The quantitative estimate of drug-likeness (QED) is 0.854. The standard InChI is InChI=1S/C11H7Cl2NO3/c1-4-8(11(16)17)14-9-5(10(4)15)2-3-6(12)7(9)13/h2-3H,1H3,(H,14,15)(H,16,17)/p-1. The first-order valence-corrected chi connectivity index (χ1v) is 5.41. The molecule has 1 N–H and O–H groups in total. The zero-order valence-electron chi connectivity index (χ0n) is 8.64. The van der Waals surface area contributed by atoms with Crippen molar-refractivity contribution in [1.29, 1.82) is 0 Å². The Labute approximate surface area is 106 Å². The number of H-pyrrole nitrogens is 1. The monoisotopic (exact) mass is 270 g/mol. The number of aromatic carboxylic acids is 1. The molecule has 1 aromatic carbocycles.